The van der Waals surface area contributed by atoms with Crippen molar-refractivity contribution in [1.29, 1.82) is 0 Å². The van der Waals surface area contributed by atoms with E-state index in [4.69, 9.17) is 4.74 Å². The lowest BCUT2D eigenvalue weighted by molar-refractivity contribution is -0.121. The van der Waals surface area contributed by atoms with E-state index in [1.54, 1.807) is 7.11 Å². The third-order valence-electron chi connectivity index (χ3n) is 2.83. The van der Waals surface area contributed by atoms with E-state index in [0.717, 1.165) is 32.6 Å². The van der Waals surface area contributed by atoms with Crippen molar-refractivity contribution in [2.45, 2.75) is 33.2 Å². The first-order valence-electron chi connectivity index (χ1n) is 6.85. The Morgan fingerprint density at radius 1 is 1.33 bits per heavy atom. The molecule has 0 aromatic rings. The lowest BCUT2D eigenvalue weighted by Crippen LogP contribution is -2.41. The standard InChI is InChI=1S/C13H29N3O2/c1-5-16(6-2)9-7-8-14-10-13(17)15-12(3)11-18-4/h12,14H,5-11H2,1-4H3,(H,15,17). The summed E-state index contributed by atoms with van der Waals surface area (Å²) in [5, 5.41) is 6.02. The Morgan fingerprint density at radius 2 is 2.00 bits per heavy atom. The van der Waals surface area contributed by atoms with Crippen molar-refractivity contribution < 1.29 is 9.53 Å². The first kappa shape index (κ1) is 17.4. The summed E-state index contributed by atoms with van der Waals surface area (Å²) >= 11 is 0. The van der Waals surface area contributed by atoms with Gasteiger partial charge >= 0.3 is 0 Å². The number of hydrogen-bond donors (Lipinski definition) is 2. The van der Waals surface area contributed by atoms with Crippen molar-refractivity contribution in [2.24, 2.45) is 0 Å². The number of nitrogens with zero attached hydrogens (tertiary/aromatic N) is 1. The largest absolute Gasteiger partial charge is 0.383 e. The molecular weight excluding hydrogens is 230 g/mol. The van der Waals surface area contributed by atoms with Gasteiger partial charge in [-0.3, -0.25) is 4.79 Å². The summed E-state index contributed by atoms with van der Waals surface area (Å²) in [6.45, 7) is 11.3. The summed E-state index contributed by atoms with van der Waals surface area (Å²) in [4.78, 5) is 13.9. The Balaban J connectivity index is 3.45. The van der Waals surface area contributed by atoms with Gasteiger partial charge in [0, 0.05) is 13.2 Å². The summed E-state index contributed by atoms with van der Waals surface area (Å²) in [6, 6.07) is 0.0694. The molecule has 18 heavy (non-hydrogen) atoms. The van der Waals surface area contributed by atoms with Gasteiger partial charge in [-0.2, -0.15) is 0 Å². The van der Waals surface area contributed by atoms with Crippen LogP contribution in [0.15, 0.2) is 0 Å². The molecule has 1 unspecified atom stereocenters. The Morgan fingerprint density at radius 3 is 2.56 bits per heavy atom. The molecule has 0 radical (unpaired) electrons. The molecule has 0 aromatic carbocycles. The second kappa shape index (κ2) is 11.4. The van der Waals surface area contributed by atoms with Crippen LogP contribution >= 0.6 is 0 Å². The van der Waals surface area contributed by atoms with Crippen LogP contribution in [-0.2, 0) is 9.53 Å². The molecule has 1 atom stereocenters. The van der Waals surface area contributed by atoms with Crippen molar-refractivity contribution in [2.75, 3.05) is 46.4 Å². The Kier molecular flexibility index (Phi) is 11.0. The Labute approximate surface area is 111 Å². The molecule has 0 bridgehead atoms. The predicted molar refractivity (Wildman–Crippen MR) is 74.8 cm³/mol. The molecule has 2 N–H and O–H groups in total. The first-order valence-corrected chi connectivity index (χ1v) is 6.85. The molecule has 0 saturated heterocycles. The highest BCUT2D eigenvalue weighted by Gasteiger charge is 2.06. The van der Waals surface area contributed by atoms with Gasteiger partial charge in [-0.15, -0.1) is 0 Å². The van der Waals surface area contributed by atoms with E-state index in [1.165, 1.54) is 0 Å². The molecule has 0 saturated carbocycles. The lowest BCUT2D eigenvalue weighted by atomic mass is 10.3. The van der Waals surface area contributed by atoms with E-state index in [2.05, 4.69) is 29.4 Å². The van der Waals surface area contributed by atoms with E-state index in [9.17, 15) is 4.79 Å². The lowest BCUT2D eigenvalue weighted by Gasteiger charge is -2.17. The van der Waals surface area contributed by atoms with E-state index in [-0.39, 0.29) is 11.9 Å². The summed E-state index contributed by atoms with van der Waals surface area (Å²) in [7, 11) is 1.63. The minimum atomic E-state index is 0.0300. The summed E-state index contributed by atoms with van der Waals surface area (Å²) in [5.74, 6) is 0.0300. The SMILES string of the molecule is CCN(CC)CCCNCC(=O)NC(C)COC. The zero-order valence-corrected chi connectivity index (χ0v) is 12.3. The average Bonchev–Trinajstić information content (AvgIpc) is 2.34. The fourth-order valence-corrected chi connectivity index (χ4v) is 1.79. The quantitative estimate of drug-likeness (QED) is 0.529. The number of rotatable bonds is 11. The van der Waals surface area contributed by atoms with Crippen LogP contribution in [0.25, 0.3) is 0 Å². The van der Waals surface area contributed by atoms with Gasteiger partial charge in [-0.1, -0.05) is 13.8 Å². The van der Waals surface area contributed by atoms with Crippen LogP contribution in [0.3, 0.4) is 0 Å². The van der Waals surface area contributed by atoms with Crippen LogP contribution in [-0.4, -0.2) is 63.3 Å². The van der Waals surface area contributed by atoms with E-state index >= 15 is 0 Å². The van der Waals surface area contributed by atoms with Gasteiger partial charge in [0.2, 0.25) is 5.91 Å². The van der Waals surface area contributed by atoms with Gasteiger partial charge in [0.25, 0.3) is 0 Å². The van der Waals surface area contributed by atoms with E-state index in [1.807, 2.05) is 6.92 Å². The molecule has 0 aliphatic rings. The predicted octanol–water partition coefficient (Wildman–Crippen LogP) is 0.459. The zero-order chi connectivity index (χ0) is 13.8. The van der Waals surface area contributed by atoms with Gasteiger partial charge in [-0.05, 0) is 39.5 Å². The van der Waals surface area contributed by atoms with Crippen LogP contribution in [0, 0.1) is 0 Å². The zero-order valence-electron chi connectivity index (χ0n) is 12.3. The van der Waals surface area contributed by atoms with Crippen molar-refractivity contribution in [3.63, 3.8) is 0 Å². The maximum absolute atomic E-state index is 11.5. The molecule has 0 aliphatic heterocycles. The van der Waals surface area contributed by atoms with Gasteiger partial charge in [0.05, 0.1) is 13.2 Å². The second-order valence-electron chi connectivity index (χ2n) is 4.48. The Bertz CT molecular complexity index is 208. The molecule has 5 heteroatoms. The molecule has 108 valence electrons. The topological polar surface area (TPSA) is 53.6 Å². The van der Waals surface area contributed by atoms with E-state index < -0.39 is 0 Å². The summed E-state index contributed by atoms with van der Waals surface area (Å²) in [5.41, 5.74) is 0. The van der Waals surface area contributed by atoms with Crippen molar-refractivity contribution in [3.05, 3.63) is 0 Å². The summed E-state index contributed by atoms with van der Waals surface area (Å²) in [6.07, 6.45) is 1.07. The highest BCUT2D eigenvalue weighted by atomic mass is 16.5. The van der Waals surface area contributed by atoms with Crippen molar-refractivity contribution in [3.8, 4) is 0 Å². The van der Waals surface area contributed by atoms with Crippen LogP contribution < -0.4 is 10.6 Å². The van der Waals surface area contributed by atoms with Gasteiger partial charge < -0.3 is 20.3 Å². The fourth-order valence-electron chi connectivity index (χ4n) is 1.79. The number of amides is 1. The maximum Gasteiger partial charge on any atom is 0.234 e. The minimum absolute atomic E-state index is 0.0300. The molecule has 0 aromatic heterocycles. The number of nitrogens with one attached hydrogen (secondary N) is 2. The number of ether oxygens (including phenoxy) is 1. The van der Waals surface area contributed by atoms with Crippen molar-refractivity contribution in [1.82, 2.24) is 15.5 Å². The van der Waals surface area contributed by atoms with Gasteiger partial charge in [0.15, 0.2) is 0 Å². The number of hydrogen-bond acceptors (Lipinski definition) is 4. The van der Waals surface area contributed by atoms with Crippen LogP contribution in [0.4, 0.5) is 0 Å². The van der Waals surface area contributed by atoms with Crippen molar-refractivity contribution >= 4 is 5.91 Å². The van der Waals surface area contributed by atoms with Crippen LogP contribution in [0.5, 0.6) is 0 Å². The fraction of sp³-hybridized carbons (Fsp3) is 0.923. The number of methoxy groups -OCH3 is 1. The molecule has 5 nitrogen and oxygen atoms in total. The summed E-state index contributed by atoms with van der Waals surface area (Å²) < 4.78 is 4.96. The van der Waals surface area contributed by atoms with Crippen LogP contribution in [0.1, 0.15) is 27.2 Å². The third-order valence-corrected chi connectivity index (χ3v) is 2.83. The average molecular weight is 259 g/mol. The number of carbonyl (C=O) groups excluding carboxylic acids is 1. The molecule has 0 fully saturated rings. The normalized spacial score (nSPS) is 12.7. The number of carbonyl (C=O) groups is 1. The van der Waals surface area contributed by atoms with E-state index in [0.29, 0.717) is 13.2 Å². The Hall–Kier alpha value is -0.650. The van der Waals surface area contributed by atoms with Gasteiger partial charge in [0.1, 0.15) is 0 Å². The third kappa shape index (κ3) is 9.39. The smallest absolute Gasteiger partial charge is 0.234 e. The molecule has 0 rings (SSSR count). The molecule has 0 aliphatic carbocycles. The maximum atomic E-state index is 11.5. The molecular formula is C13H29N3O2. The monoisotopic (exact) mass is 259 g/mol. The second-order valence-corrected chi connectivity index (χ2v) is 4.48. The highest BCUT2D eigenvalue weighted by molar-refractivity contribution is 5.78. The molecule has 1 amide bonds. The molecule has 0 heterocycles. The molecule has 0 spiro atoms. The van der Waals surface area contributed by atoms with Gasteiger partial charge in [-0.25, -0.2) is 0 Å². The minimum Gasteiger partial charge on any atom is -0.383 e. The van der Waals surface area contributed by atoms with Crippen LogP contribution in [0.2, 0.25) is 0 Å². The highest BCUT2D eigenvalue weighted by Crippen LogP contribution is 1.89. The first-order chi connectivity index (χ1) is 8.63.